The van der Waals surface area contributed by atoms with E-state index >= 15 is 0 Å². The van der Waals surface area contributed by atoms with Crippen LogP contribution in [0.3, 0.4) is 0 Å². The van der Waals surface area contributed by atoms with Crippen LogP contribution in [0.25, 0.3) is 0 Å². The fourth-order valence-corrected chi connectivity index (χ4v) is 3.13. The summed E-state index contributed by atoms with van der Waals surface area (Å²) in [5.74, 6) is -0.529. The molecule has 3 N–H and O–H groups in total. The molecule has 1 aliphatic rings. The van der Waals surface area contributed by atoms with Crippen LogP contribution in [0.4, 0.5) is 4.79 Å². The Labute approximate surface area is 149 Å². The monoisotopic (exact) mass is 348 g/mol. The molecule has 1 aliphatic heterocycles. The number of carboxylic acids is 1. The van der Waals surface area contributed by atoms with E-state index in [9.17, 15) is 9.59 Å². The molecule has 0 radical (unpaired) electrons. The summed E-state index contributed by atoms with van der Waals surface area (Å²) in [6, 6.07) is 9.34. The summed E-state index contributed by atoms with van der Waals surface area (Å²) in [6.45, 7) is 3.46. The van der Waals surface area contributed by atoms with Gasteiger partial charge in [-0.05, 0) is 38.2 Å². The lowest BCUT2D eigenvalue weighted by Crippen LogP contribution is -2.49. The molecule has 2 rings (SSSR count). The van der Waals surface area contributed by atoms with Crippen molar-refractivity contribution < 1.29 is 19.4 Å². The summed E-state index contributed by atoms with van der Waals surface area (Å²) in [5, 5.41) is 14.8. The third kappa shape index (κ3) is 7.13. The Morgan fingerprint density at radius 2 is 2.04 bits per heavy atom. The van der Waals surface area contributed by atoms with Gasteiger partial charge in [-0.1, -0.05) is 30.3 Å². The molecule has 3 atom stereocenters. The minimum Gasteiger partial charge on any atom is -0.481 e. The third-order valence-corrected chi connectivity index (χ3v) is 4.63. The summed E-state index contributed by atoms with van der Waals surface area (Å²) >= 11 is 0. The van der Waals surface area contributed by atoms with Gasteiger partial charge in [0.1, 0.15) is 0 Å². The van der Waals surface area contributed by atoms with Crippen LogP contribution in [0.5, 0.6) is 0 Å². The normalized spacial score (nSPS) is 19.6. The molecular formula is C19H28N2O4. The fourth-order valence-electron chi connectivity index (χ4n) is 3.13. The van der Waals surface area contributed by atoms with Gasteiger partial charge < -0.3 is 20.5 Å². The predicted molar refractivity (Wildman–Crippen MR) is 95.5 cm³/mol. The van der Waals surface area contributed by atoms with Crippen molar-refractivity contribution >= 4 is 12.0 Å². The molecule has 1 aromatic rings. The number of hydrogen-bond acceptors (Lipinski definition) is 3. The quantitative estimate of drug-likeness (QED) is 0.674. The van der Waals surface area contributed by atoms with Crippen LogP contribution in [0, 0.1) is 5.92 Å². The number of hydrogen-bond donors (Lipinski definition) is 3. The molecule has 0 aromatic heterocycles. The number of amides is 2. The van der Waals surface area contributed by atoms with Gasteiger partial charge in [-0.15, -0.1) is 0 Å². The molecule has 6 nitrogen and oxygen atoms in total. The zero-order chi connectivity index (χ0) is 18.1. The minimum absolute atomic E-state index is 0.0251. The largest absolute Gasteiger partial charge is 0.481 e. The smallest absolute Gasteiger partial charge is 0.315 e. The molecule has 25 heavy (non-hydrogen) atoms. The average molecular weight is 348 g/mol. The Bertz CT molecular complexity index is 544. The number of carbonyl (C=O) groups excluding carboxylic acids is 1. The van der Waals surface area contributed by atoms with Crippen LogP contribution in [0.15, 0.2) is 30.3 Å². The Balaban J connectivity index is 1.87. The number of ether oxygens (including phenoxy) is 1. The number of benzene rings is 1. The molecule has 138 valence electrons. The first-order valence-electron chi connectivity index (χ1n) is 8.95. The van der Waals surface area contributed by atoms with Gasteiger partial charge in [0, 0.05) is 31.0 Å². The molecule has 0 aliphatic carbocycles. The maximum Gasteiger partial charge on any atom is 0.315 e. The van der Waals surface area contributed by atoms with Crippen molar-refractivity contribution in [1.29, 1.82) is 0 Å². The second-order valence-electron chi connectivity index (χ2n) is 6.70. The lowest BCUT2D eigenvalue weighted by molar-refractivity contribution is -0.137. The van der Waals surface area contributed by atoms with Gasteiger partial charge in [0.25, 0.3) is 0 Å². The minimum atomic E-state index is -0.854. The van der Waals surface area contributed by atoms with Gasteiger partial charge in [0.05, 0.1) is 6.61 Å². The molecule has 0 bridgehead atoms. The fraction of sp³-hybridized carbons (Fsp3) is 0.579. The summed E-state index contributed by atoms with van der Waals surface area (Å²) in [5.41, 5.74) is 1.08. The SMILES string of the molecule is CC(NC(=O)NC(CCC(=O)O)Cc1ccccc1)C1CCCOC1. The first kappa shape index (κ1) is 19.2. The van der Waals surface area contributed by atoms with E-state index in [1.807, 2.05) is 37.3 Å². The maximum absolute atomic E-state index is 12.3. The third-order valence-electron chi connectivity index (χ3n) is 4.63. The number of urea groups is 1. The zero-order valence-electron chi connectivity index (χ0n) is 14.7. The van der Waals surface area contributed by atoms with Crippen molar-refractivity contribution in [3.63, 3.8) is 0 Å². The van der Waals surface area contributed by atoms with Gasteiger partial charge in [-0.3, -0.25) is 4.79 Å². The average Bonchev–Trinajstić information content (AvgIpc) is 2.61. The molecule has 6 heteroatoms. The van der Waals surface area contributed by atoms with E-state index in [1.165, 1.54) is 0 Å². The van der Waals surface area contributed by atoms with E-state index in [-0.39, 0.29) is 24.5 Å². The van der Waals surface area contributed by atoms with Crippen molar-refractivity contribution in [1.82, 2.24) is 10.6 Å². The summed E-state index contributed by atoms with van der Waals surface area (Å²) in [4.78, 5) is 23.2. The molecular weight excluding hydrogens is 320 g/mol. The van der Waals surface area contributed by atoms with E-state index in [0.29, 0.717) is 25.4 Å². The maximum atomic E-state index is 12.3. The number of rotatable bonds is 8. The highest BCUT2D eigenvalue weighted by molar-refractivity contribution is 5.74. The van der Waals surface area contributed by atoms with Gasteiger partial charge in [0.2, 0.25) is 0 Å². The number of aliphatic carboxylic acids is 1. The van der Waals surface area contributed by atoms with Crippen LogP contribution in [0.1, 0.15) is 38.2 Å². The second-order valence-corrected chi connectivity index (χ2v) is 6.70. The van der Waals surface area contributed by atoms with E-state index < -0.39 is 5.97 Å². The van der Waals surface area contributed by atoms with E-state index in [4.69, 9.17) is 9.84 Å². The highest BCUT2D eigenvalue weighted by atomic mass is 16.5. The molecule has 1 saturated heterocycles. The summed E-state index contributed by atoms with van der Waals surface area (Å²) in [7, 11) is 0. The summed E-state index contributed by atoms with van der Waals surface area (Å²) in [6.07, 6.45) is 3.12. The predicted octanol–water partition coefficient (Wildman–Crippen LogP) is 2.58. The summed E-state index contributed by atoms with van der Waals surface area (Å²) < 4.78 is 5.47. The van der Waals surface area contributed by atoms with Gasteiger partial charge in [-0.2, -0.15) is 0 Å². The first-order valence-corrected chi connectivity index (χ1v) is 8.95. The second kappa shape index (κ2) is 10.0. The van der Waals surface area contributed by atoms with Gasteiger partial charge >= 0.3 is 12.0 Å². The Kier molecular flexibility index (Phi) is 7.73. The van der Waals surface area contributed by atoms with E-state index in [0.717, 1.165) is 25.0 Å². The topological polar surface area (TPSA) is 87.7 Å². The van der Waals surface area contributed by atoms with E-state index in [2.05, 4.69) is 10.6 Å². The van der Waals surface area contributed by atoms with Crippen LogP contribution in [-0.2, 0) is 16.0 Å². The molecule has 0 spiro atoms. The van der Waals surface area contributed by atoms with Crippen molar-refractivity contribution in [2.75, 3.05) is 13.2 Å². The molecule has 2 amide bonds. The number of carbonyl (C=O) groups is 2. The standard InChI is InChI=1S/C19H28N2O4/c1-14(16-8-5-11-25-13-16)20-19(24)21-17(9-10-18(22)23)12-15-6-3-2-4-7-15/h2-4,6-7,14,16-17H,5,8-13H2,1H3,(H,22,23)(H2,20,21,24). The Hall–Kier alpha value is -2.08. The van der Waals surface area contributed by atoms with Gasteiger partial charge in [0.15, 0.2) is 0 Å². The highest BCUT2D eigenvalue weighted by Crippen LogP contribution is 2.17. The Morgan fingerprint density at radius 3 is 2.68 bits per heavy atom. The van der Waals surface area contributed by atoms with Crippen LogP contribution >= 0.6 is 0 Å². The van der Waals surface area contributed by atoms with Crippen LogP contribution in [-0.4, -0.2) is 42.4 Å². The molecule has 0 saturated carbocycles. The lowest BCUT2D eigenvalue weighted by atomic mass is 9.95. The molecule has 3 unspecified atom stereocenters. The molecule has 1 heterocycles. The van der Waals surface area contributed by atoms with Crippen molar-refractivity contribution in [3.05, 3.63) is 35.9 Å². The molecule has 1 fully saturated rings. The van der Waals surface area contributed by atoms with Crippen molar-refractivity contribution in [3.8, 4) is 0 Å². The Morgan fingerprint density at radius 1 is 1.28 bits per heavy atom. The highest BCUT2D eigenvalue weighted by Gasteiger charge is 2.23. The zero-order valence-corrected chi connectivity index (χ0v) is 14.7. The van der Waals surface area contributed by atoms with Crippen LogP contribution < -0.4 is 10.6 Å². The van der Waals surface area contributed by atoms with Gasteiger partial charge in [-0.25, -0.2) is 4.79 Å². The van der Waals surface area contributed by atoms with E-state index in [1.54, 1.807) is 0 Å². The van der Waals surface area contributed by atoms with Crippen molar-refractivity contribution in [2.45, 2.75) is 51.1 Å². The van der Waals surface area contributed by atoms with Crippen LogP contribution in [0.2, 0.25) is 0 Å². The first-order chi connectivity index (χ1) is 12.0. The lowest BCUT2D eigenvalue weighted by Gasteiger charge is -2.29. The molecule has 1 aromatic carbocycles. The number of nitrogens with one attached hydrogen (secondary N) is 2. The van der Waals surface area contributed by atoms with Crippen molar-refractivity contribution in [2.24, 2.45) is 5.92 Å². The number of carboxylic acid groups (broad SMARTS) is 1.